The maximum absolute atomic E-state index is 12.3. The van der Waals surface area contributed by atoms with Crippen molar-refractivity contribution in [3.8, 4) is 0 Å². The molecule has 1 aromatic rings. The smallest absolute Gasteiger partial charge is 0.338 e. The van der Waals surface area contributed by atoms with Gasteiger partial charge in [-0.3, -0.25) is 0 Å². The largest absolute Gasteiger partial charge is 0.462 e. The zero-order valence-corrected chi connectivity index (χ0v) is 18.8. The molecule has 29 heavy (non-hydrogen) atoms. The lowest BCUT2D eigenvalue weighted by molar-refractivity contribution is 0.0496. The number of ether oxygens (including phenoxy) is 2. The van der Waals surface area contributed by atoms with Gasteiger partial charge in [0.1, 0.15) is 0 Å². The summed E-state index contributed by atoms with van der Waals surface area (Å²) in [6.07, 6.45) is 13.8. The molecule has 0 aliphatic heterocycles. The summed E-state index contributed by atoms with van der Waals surface area (Å²) in [5.74, 6) is -0.737. The number of unbranched alkanes of at least 4 members (excludes halogenated alkanes) is 10. The summed E-state index contributed by atoms with van der Waals surface area (Å²) in [7, 11) is 0. The second-order valence-corrected chi connectivity index (χ2v) is 7.90. The van der Waals surface area contributed by atoms with E-state index in [1.807, 2.05) is 6.92 Å². The summed E-state index contributed by atoms with van der Waals surface area (Å²) < 4.78 is 10.8. The van der Waals surface area contributed by atoms with Crippen LogP contribution in [-0.2, 0) is 9.47 Å². The van der Waals surface area contributed by atoms with Crippen LogP contribution in [0.2, 0.25) is 0 Å². The maximum Gasteiger partial charge on any atom is 0.338 e. The average Bonchev–Trinajstić information content (AvgIpc) is 2.71. The summed E-state index contributed by atoms with van der Waals surface area (Å²) in [5.41, 5.74) is 1.69. The van der Waals surface area contributed by atoms with E-state index in [1.54, 1.807) is 18.2 Å². The lowest BCUT2D eigenvalue weighted by Crippen LogP contribution is -2.11. The first-order chi connectivity index (χ1) is 14.1. The minimum Gasteiger partial charge on any atom is -0.462 e. The molecule has 4 nitrogen and oxygen atoms in total. The lowest BCUT2D eigenvalue weighted by atomic mass is 10.1. The van der Waals surface area contributed by atoms with E-state index in [4.69, 9.17) is 9.47 Å². The van der Waals surface area contributed by atoms with E-state index in [9.17, 15) is 9.59 Å². The Morgan fingerprint density at radius 2 is 1.00 bits per heavy atom. The summed E-state index contributed by atoms with van der Waals surface area (Å²) in [5, 5.41) is 0. The van der Waals surface area contributed by atoms with Crippen LogP contribution in [0, 0.1) is 6.92 Å². The number of hydrogen-bond acceptors (Lipinski definition) is 4. The molecule has 0 bridgehead atoms. The highest BCUT2D eigenvalue weighted by Crippen LogP contribution is 2.14. The first-order valence-corrected chi connectivity index (χ1v) is 11.5. The van der Waals surface area contributed by atoms with Crippen molar-refractivity contribution in [2.24, 2.45) is 0 Å². The highest BCUT2D eigenvalue weighted by Gasteiger charge is 2.14. The van der Waals surface area contributed by atoms with E-state index in [-0.39, 0.29) is 11.9 Å². The van der Waals surface area contributed by atoms with Gasteiger partial charge in [0.05, 0.1) is 24.3 Å². The quantitative estimate of drug-likeness (QED) is 0.219. The number of benzene rings is 1. The number of rotatable bonds is 16. The monoisotopic (exact) mass is 404 g/mol. The van der Waals surface area contributed by atoms with Gasteiger partial charge in [0, 0.05) is 0 Å². The Labute approximate surface area is 177 Å². The molecule has 0 atom stereocenters. The molecule has 0 aromatic heterocycles. The number of hydrogen-bond donors (Lipinski definition) is 0. The molecule has 0 heterocycles. The summed E-state index contributed by atoms with van der Waals surface area (Å²) in [4.78, 5) is 24.6. The molecule has 4 heteroatoms. The van der Waals surface area contributed by atoms with E-state index < -0.39 is 0 Å². The van der Waals surface area contributed by atoms with Gasteiger partial charge >= 0.3 is 11.9 Å². The molecule has 0 amide bonds. The molecule has 0 unspecified atom stereocenters. The van der Waals surface area contributed by atoms with Gasteiger partial charge in [-0.15, -0.1) is 0 Å². The van der Waals surface area contributed by atoms with Gasteiger partial charge in [0.25, 0.3) is 0 Å². The van der Waals surface area contributed by atoms with Crippen molar-refractivity contribution in [3.63, 3.8) is 0 Å². The second-order valence-electron chi connectivity index (χ2n) is 7.90. The highest BCUT2D eigenvalue weighted by atomic mass is 16.5. The van der Waals surface area contributed by atoms with Crippen molar-refractivity contribution in [2.75, 3.05) is 13.2 Å². The van der Waals surface area contributed by atoms with Gasteiger partial charge in [-0.2, -0.15) is 0 Å². The first kappa shape index (κ1) is 25.2. The van der Waals surface area contributed by atoms with Crippen LogP contribution in [0.5, 0.6) is 0 Å². The molecule has 0 aliphatic carbocycles. The van der Waals surface area contributed by atoms with Crippen molar-refractivity contribution in [3.05, 3.63) is 34.9 Å². The van der Waals surface area contributed by atoms with Crippen LogP contribution >= 0.6 is 0 Å². The normalized spacial score (nSPS) is 10.7. The second kappa shape index (κ2) is 16.0. The Morgan fingerprint density at radius 3 is 1.41 bits per heavy atom. The molecule has 0 aliphatic rings. The standard InChI is InChI=1S/C25H40O4/c1-4-6-8-10-12-14-16-28-24(26)22-18-21(3)19-23(20-22)25(27)29-17-15-13-11-9-7-5-2/h18-20H,4-17H2,1-3H3. The Bertz CT molecular complexity index is 546. The zero-order valence-electron chi connectivity index (χ0n) is 18.8. The SMILES string of the molecule is CCCCCCCCOC(=O)c1cc(C)cc(C(=O)OCCCCCCCC)c1. The van der Waals surface area contributed by atoms with Gasteiger partial charge in [0.2, 0.25) is 0 Å². The Hall–Kier alpha value is -1.84. The Kier molecular flexibility index (Phi) is 13.9. The highest BCUT2D eigenvalue weighted by molar-refractivity contribution is 5.95. The minimum atomic E-state index is -0.368. The fourth-order valence-electron chi connectivity index (χ4n) is 3.28. The van der Waals surface area contributed by atoms with E-state index in [0.717, 1.165) is 31.2 Å². The van der Waals surface area contributed by atoms with Crippen molar-refractivity contribution < 1.29 is 19.1 Å². The third kappa shape index (κ3) is 11.7. The van der Waals surface area contributed by atoms with Gasteiger partial charge in [-0.25, -0.2) is 9.59 Å². The number of carbonyl (C=O) groups excluding carboxylic acids is 2. The summed E-state index contributed by atoms with van der Waals surface area (Å²) >= 11 is 0. The topological polar surface area (TPSA) is 52.6 Å². The minimum absolute atomic E-state index is 0.368. The van der Waals surface area contributed by atoms with Gasteiger partial charge in [-0.1, -0.05) is 78.1 Å². The van der Waals surface area contributed by atoms with E-state index in [1.165, 1.54) is 51.4 Å². The Balaban J connectivity index is 2.38. The fourth-order valence-corrected chi connectivity index (χ4v) is 3.28. The average molecular weight is 405 g/mol. The molecule has 0 radical (unpaired) electrons. The molecule has 1 aromatic carbocycles. The Morgan fingerprint density at radius 1 is 0.621 bits per heavy atom. The van der Waals surface area contributed by atoms with Crippen LogP contribution in [0.3, 0.4) is 0 Å². The first-order valence-electron chi connectivity index (χ1n) is 11.5. The van der Waals surface area contributed by atoms with Crippen LogP contribution in [0.4, 0.5) is 0 Å². The molecule has 0 saturated carbocycles. The number of esters is 2. The fraction of sp³-hybridized carbons (Fsp3) is 0.680. The van der Waals surface area contributed by atoms with Crippen LogP contribution in [0.15, 0.2) is 18.2 Å². The molecule has 164 valence electrons. The summed E-state index contributed by atoms with van der Waals surface area (Å²) in [6.45, 7) is 7.12. The zero-order chi connectivity index (χ0) is 21.3. The third-order valence-corrected chi connectivity index (χ3v) is 5.01. The van der Waals surface area contributed by atoms with E-state index >= 15 is 0 Å². The lowest BCUT2D eigenvalue weighted by Gasteiger charge is -2.09. The predicted molar refractivity (Wildman–Crippen MR) is 118 cm³/mol. The van der Waals surface area contributed by atoms with Crippen LogP contribution in [-0.4, -0.2) is 25.2 Å². The van der Waals surface area contributed by atoms with Crippen LogP contribution < -0.4 is 0 Å². The van der Waals surface area contributed by atoms with Crippen molar-refractivity contribution in [2.45, 2.75) is 97.8 Å². The van der Waals surface area contributed by atoms with E-state index in [0.29, 0.717) is 24.3 Å². The molecule has 0 N–H and O–H groups in total. The molecular formula is C25H40O4. The summed E-state index contributed by atoms with van der Waals surface area (Å²) in [6, 6.07) is 5.10. The molecule has 0 spiro atoms. The van der Waals surface area contributed by atoms with Crippen molar-refractivity contribution in [1.29, 1.82) is 0 Å². The predicted octanol–water partition coefficient (Wildman–Crippen LogP) is 7.03. The van der Waals surface area contributed by atoms with Gasteiger partial charge in [0.15, 0.2) is 0 Å². The number of carbonyl (C=O) groups is 2. The molecule has 0 saturated heterocycles. The van der Waals surface area contributed by atoms with Crippen LogP contribution in [0.25, 0.3) is 0 Å². The van der Waals surface area contributed by atoms with Gasteiger partial charge in [-0.05, 0) is 43.5 Å². The molecule has 0 fully saturated rings. The van der Waals surface area contributed by atoms with E-state index in [2.05, 4.69) is 13.8 Å². The van der Waals surface area contributed by atoms with Gasteiger partial charge < -0.3 is 9.47 Å². The molecule has 1 rings (SSSR count). The molecular weight excluding hydrogens is 364 g/mol. The van der Waals surface area contributed by atoms with Crippen LogP contribution in [0.1, 0.15) is 117 Å². The van der Waals surface area contributed by atoms with Crippen molar-refractivity contribution >= 4 is 11.9 Å². The van der Waals surface area contributed by atoms with Crippen molar-refractivity contribution in [1.82, 2.24) is 0 Å². The third-order valence-electron chi connectivity index (χ3n) is 5.01. The maximum atomic E-state index is 12.3. The number of aryl methyl sites for hydroxylation is 1.